The minimum Gasteiger partial charge on any atom is -0.468 e. The molecule has 2 N–H and O–H groups in total. The molecule has 0 radical (unpaired) electrons. The van der Waals surface area contributed by atoms with Gasteiger partial charge in [0, 0.05) is 11.3 Å². The van der Waals surface area contributed by atoms with Gasteiger partial charge in [-0.25, -0.2) is 0 Å². The lowest BCUT2D eigenvalue weighted by molar-refractivity contribution is 0.327. The Hall–Kier alpha value is -0.410. The Morgan fingerprint density at radius 3 is 3.06 bits per heavy atom. The molecule has 3 heteroatoms. The Kier molecular flexibility index (Phi) is 4.36. The second kappa shape index (κ2) is 5.78. The highest BCUT2D eigenvalue weighted by Crippen LogP contribution is 2.34. The van der Waals surface area contributed by atoms with Crippen molar-refractivity contribution in [2.24, 2.45) is 11.7 Å². The molecule has 1 heterocycles. The zero-order valence-electron chi connectivity index (χ0n) is 9.89. The van der Waals surface area contributed by atoms with E-state index in [1.807, 2.05) is 23.9 Å². The van der Waals surface area contributed by atoms with Crippen molar-refractivity contribution in [1.29, 1.82) is 0 Å². The molecule has 3 unspecified atom stereocenters. The third-order valence-electron chi connectivity index (χ3n) is 3.55. The average molecular weight is 239 g/mol. The molecule has 0 aromatic carbocycles. The van der Waals surface area contributed by atoms with Crippen molar-refractivity contribution in [2.75, 3.05) is 0 Å². The van der Waals surface area contributed by atoms with Gasteiger partial charge >= 0.3 is 0 Å². The van der Waals surface area contributed by atoms with Crippen LogP contribution in [0.2, 0.25) is 0 Å². The van der Waals surface area contributed by atoms with E-state index in [2.05, 4.69) is 6.92 Å². The number of rotatable bonds is 4. The first-order valence-electron chi connectivity index (χ1n) is 6.19. The second-order valence-corrected chi connectivity index (χ2v) is 5.91. The van der Waals surface area contributed by atoms with Crippen LogP contribution in [0.25, 0.3) is 0 Å². The number of thioether (sulfide) groups is 1. The van der Waals surface area contributed by atoms with Gasteiger partial charge in [-0.2, -0.15) is 0 Å². The summed E-state index contributed by atoms with van der Waals surface area (Å²) in [6, 6.07) is 4.37. The summed E-state index contributed by atoms with van der Waals surface area (Å²) in [5.41, 5.74) is 6.18. The number of hydrogen-bond donors (Lipinski definition) is 1. The molecule has 2 nitrogen and oxygen atoms in total. The van der Waals surface area contributed by atoms with E-state index < -0.39 is 0 Å². The molecule has 0 bridgehead atoms. The van der Waals surface area contributed by atoms with Gasteiger partial charge in [0.1, 0.15) is 5.76 Å². The molecule has 1 aromatic heterocycles. The van der Waals surface area contributed by atoms with Gasteiger partial charge < -0.3 is 10.2 Å². The van der Waals surface area contributed by atoms with Crippen LogP contribution in [0.5, 0.6) is 0 Å². The lowest BCUT2D eigenvalue weighted by Gasteiger charge is -2.33. The predicted molar refractivity (Wildman–Crippen MR) is 69.4 cm³/mol. The fraction of sp³-hybridized carbons (Fsp3) is 0.692. The van der Waals surface area contributed by atoms with E-state index in [9.17, 15) is 0 Å². The van der Waals surface area contributed by atoms with Crippen LogP contribution < -0.4 is 5.73 Å². The van der Waals surface area contributed by atoms with Crippen LogP contribution in [0.15, 0.2) is 22.8 Å². The van der Waals surface area contributed by atoms with Crippen LogP contribution in [-0.2, 0) is 5.75 Å². The van der Waals surface area contributed by atoms with Gasteiger partial charge in [0.25, 0.3) is 0 Å². The predicted octanol–water partition coefficient (Wildman–Crippen LogP) is 3.42. The fourth-order valence-corrected chi connectivity index (χ4v) is 3.72. The van der Waals surface area contributed by atoms with Crippen LogP contribution in [0.3, 0.4) is 0 Å². The topological polar surface area (TPSA) is 39.2 Å². The van der Waals surface area contributed by atoms with Crippen molar-refractivity contribution in [2.45, 2.75) is 49.7 Å². The highest BCUT2D eigenvalue weighted by atomic mass is 32.2. The lowest BCUT2D eigenvalue weighted by Crippen LogP contribution is -2.38. The van der Waals surface area contributed by atoms with Crippen molar-refractivity contribution in [1.82, 2.24) is 0 Å². The molecule has 1 aromatic rings. The zero-order chi connectivity index (χ0) is 11.4. The molecular formula is C13H21NOS. The van der Waals surface area contributed by atoms with E-state index >= 15 is 0 Å². The quantitative estimate of drug-likeness (QED) is 0.875. The first-order chi connectivity index (χ1) is 7.79. The van der Waals surface area contributed by atoms with E-state index in [-0.39, 0.29) is 0 Å². The normalized spacial score (nSPS) is 30.5. The van der Waals surface area contributed by atoms with Gasteiger partial charge in [-0.1, -0.05) is 13.3 Å². The standard InChI is InChI=1S/C13H21NOS/c1-2-10-5-6-12(14)13(8-10)16-9-11-4-3-7-15-11/h3-4,7,10,12-13H,2,5-6,8-9,14H2,1H3. The van der Waals surface area contributed by atoms with E-state index in [4.69, 9.17) is 10.2 Å². The molecule has 0 aliphatic heterocycles. The van der Waals surface area contributed by atoms with Gasteiger partial charge in [-0.3, -0.25) is 0 Å². The molecule has 16 heavy (non-hydrogen) atoms. The van der Waals surface area contributed by atoms with E-state index in [1.165, 1.54) is 25.7 Å². The van der Waals surface area contributed by atoms with Crippen molar-refractivity contribution in [3.05, 3.63) is 24.2 Å². The monoisotopic (exact) mass is 239 g/mol. The van der Waals surface area contributed by atoms with Crippen molar-refractivity contribution in [3.8, 4) is 0 Å². The van der Waals surface area contributed by atoms with E-state index in [1.54, 1.807) is 6.26 Å². The van der Waals surface area contributed by atoms with Crippen LogP contribution >= 0.6 is 11.8 Å². The maximum Gasteiger partial charge on any atom is 0.113 e. The molecule has 90 valence electrons. The number of hydrogen-bond acceptors (Lipinski definition) is 3. The average Bonchev–Trinajstić information content (AvgIpc) is 2.81. The van der Waals surface area contributed by atoms with E-state index in [0.717, 1.165) is 17.4 Å². The van der Waals surface area contributed by atoms with E-state index in [0.29, 0.717) is 11.3 Å². The third-order valence-corrected chi connectivity index (χ3v) is 4.97. The molecule has 0 amide bonds. The largest absolute Gasteiger partial charge is 0.468 e. The van der Waals surface area contributed by atoms with Crippen molar-refractivity contribution < 1.29 is 4.42 Å². The Morgan fingerprint density at radius 2 is 2.38 bits per heavy atom. The maximum atomic E-state index is 6.18. The Bertz CT molecular complexity index is 299. The molecule has 1 fully saturated rings. The smallest absolute Gasteiger partial charge is 0.113 e. The molecular weight excluding hydrogens is 218 g/mol. The maximum absolute atomic E-state index is 6.18. The summed E-state index contributed by atoms with van der Waals surface area (Å²) in [7, 11) is 0. The summed E-state index contributed by atoms with van der Waals surface area (Å²) >= 11 is 1.96. The Morgan fingerprint density at radius 1 is 1.50 bits per heavy atom. The van der Waals surface area contributed by atoms with Gasteiger partial charge in [0.2, 0.25) is 0 Å². The van der Waals surface area contributed by atoms with Gasteiger partial charge in [-0.15, -0.1) is 11.8 Å². The summed E-state index contributed by atoms with van der Waals surface area (Å²) in [5, 5.41) is 0.615. The lowest BCUT2D eigenvalue weighted by atomic mass is 9.84. The van der Waals surface area contributed by atoms with Crippen molar-refractivity contribution >= 4 is 11.8 Å². The molecule has 2 rings (SSSR count). The highest BCUT2D eigenvalue weighted by molar-refractivity contribution is 7.99. The SMILES string of the molecule is CCC1CCC(N)C(SCc2ccco2)C1. The van der Waals surface area contributed by atoms with Gasteiger partial charge in [-0.05, 0) is 37.3 Å². The van der Waals surface area contributed by atoms with Crippen LogP contribution in [0, 0.1) is 5.92 Å². The van der Waals surface area contributed by atoms with Gasteiger partial charge in [0.15, 0.2) is 0 Å². The Labute approximate surface area is 102 Å². The first-order valence-corrected chi connectivity index (χ1v) is 7.24. The second-order valence-electron chi connectivity index (χ2n) is 4.68. The van der Waals surface area contributed by atoms with Crippen LogP contribution in [0.4, 0.5) is 0 Å². The molecule has 1 aliphatic rings. The highest BCUT2D eigenvalue weighted by Gasteiger charge is 2.27. The molecule has 1 aliphatic carbocycles. The Balaban J connectivity index is 1.82. The minimum atomic E-state index is 0.378. The zero-order valence-corrected chi connectivity index (χ0v) is 10.7. The summed E-state index contributed by atoms with van der Waals surface area (Å²) in [6.45, 7) is 2.29. The van der Waals surface area contributed by atoms with Crippen LogP contribution in [0.1, 0.15) is 38.4 Å². The number of furan rings is 1. The number of nitrogens with two attached hydrogens (primary N) is 1. The summed E-state index contributed by atoms with van der Waals surface area (Å²) in [5.74, 6) is 2.91. The minimum absolute atomic E-state index is 0.378. The summed E-state index contributed by atoms with van der Waals surface area (Å²) in [4.78, 5) is 0. The van der Waals surface area contributed by atoms with Gasteiger partial charge in [0.05, 0.1) is 12.0 Å². The van der Waals surface area contributed by atoms with Crippen molar-refractivity contribution in [3.63, 3.8) is 0 Å². The summed E-state index contributed by atoms with van der Waals surface area (Å²) < 4.78 is 5.35. The summed E-state index contributed by atoms with van der Waals surface area (Å²) in [6.07, 6.45) is 6.82. The molecule has 0 spiro atoms. The first kappa shape index (κ1) is 12.1. The molecule has 1 saturated carbocycles. The molecule has 3 atom stereocenters. The molecule has 0 saturated heterocycles. The fourth-order valence-electron chi connectivity index (χ4n) is 2.38. The van der Waals surface area contributed by atoms with Crippen LogP contribution in [-0.4, -0.2) is 11.3 Å². The third kappa shape index (κ3) is 3.05.